The number of halogens is 1. The van der Waals surface area contributed by atoms with Crippen molar-refractivity contribution in [3.8, 4) is 0 Å². The Balaban J connectivity index is 0. The summed E-state index contributed by atoms with van der Waals surface area (Å²) in [5.41, 5.74) is 5.18. The van der Waals surface area contributed by atoms with Crippen molar-refractivity contribution in [3.05, 3.63) is 0 Å². The first-order valence-corrected chi connectivity index (χ1v) is 6.16. The lowest BCUT2D eigenvalue weighted by Crippen LogP contribution is -2.15. The molecule has 4 N–H and O–H groups in total. The van der Waals surface area contributed by atoms with Gasteiger partial charge in [0.25, 0.3) is 0 Å². The average molecular weight is 246 g/mol. The van der Waals surface area contributed by atoms with Crippen LogP contribution in [-0.4, -0.2) is 34.8 Å². The van der Waals surface area contributed by atoms with E-state index in [0.717, 1.165) is 0 Å². The number of nitrogens with two attached hydrogens (primary N) is 1. The number of hydrogen-bond acceptors (Lipinski definition) is 3. The molecule has 0 bridgehead atoms. The van der Waals surface area contributed by atoms with Crippen LogP contribution >= 0.6 is 19.8 Å². The van der Waals surface area contributed by atoms with Crippen LogP contribution in [0.15, 0.2) is 0 Å². The zero-order chi connectivity index (χ0) is 10.5. The van der Waals surface area contributed by atoms with Crippen LogP contribution in [0.3, 0.4) is 0 Å². The van der Waals surface area contributed by atoms with Crippen molar-refractivity contribution in [1.82, 2.24) is 0 Å². The van der Waals surface area contributed by atoms with Crippen molar-refractivity contribution < 1.29 is 19.4 Å². The molecular formula is C7H17ClNO4P. The molecule has 0 aromatic carbocycles. The Bertz CT molecular complexity index is 224. The molecule has 0 rings (SSSR count). The van der Waals surface area contributed by atoms with Crippen molar-refractivity contribution in [1.29, 1.82) is 0 Å². The second-order valence-corrected chi connectivity index (χ2v) is 5.64. The van der Waals surface area contributed by atoms with E-state index in [1.165, 1.54) is 6.92 Å². The molecule has 0 amide bonds. The van der Waals surface area contributed by atoms with Gasteiger partial charge < -0.3 is 15.7 Å². The number of rotatable bonds is 6. The largest absolute Gasteiger partial charge is 0.481 e. The van der Waals surface area contributed by atoms with Gasteiger partial charge in [-0.1, -0.05) is 6.92 Å². The Morgan fingerprint density at radius 3 is 2.43 bits per heavy atom. The van der Waals surface area contributed by atoms with Gasteiger partial charge in [-0.2, -0.15) is 0 Å². The molecule has 0 radical (unpaired) electrons. The van der Waals surface area contributed by atoms with E-state index < -0.39 is 19.3 Å². The van der Waals surface area contributed by atoms with E-state index in [-0.39, 0.29) is 24.7 Å². The number of carboxylic acid groups (broad SMARTS) is 1. The summed E-state index contributed by atoms with van der Waals surface area (Å²) < 4.78 is 11.3. The first kappa shape index (κ1) is 16.3. The first-order chi connectivity index (χ1) is 5.89. The first-order valence-electron chi connectivity index (χ1n) is 4.13. The quantitative estimate of drug-likeness (QED) is 0.600. The Labute approximate surface area is 89.5 Å². The van der Waals surface area contributed by atoms with Crippen LogP contribution in [0.4, 0.5) is 0 Å². The minimum absolute atomic E-state index is 0. The Morgan fingerprint density at radius 2 is 2.07 bits per heavy atom. The van der Waals surface area contributed by atoms with Gasteiger partial charge in [0.2, 0.25) is 7.37 Å². The van der Waals surface area contributed by atoms with E-state index in [4.69, 9.17) is 10.8 Å². The summed E-state index contributed by atoms with van der Waals surface area (Å²) >= 11 is 0. The van der Waals surface area contributed by atoms with Gasteiger partial charge in [0, 0.05) is 12.3 Å². The van der Waals surface area contributed by atoms with E-state index in [2.05, 4.69) is 0 Å². The fourth-order valence-electron chi connectivity index (χ4n) is 0.936. The van der Waals surface area contributed by atoms with Crippen LogP contribution in [0, 0.1) is 5.92 Å². The average Bonchev–Trinajstić information content (AvgIpc) is 2.00. The molecule has 86 valence electrons. The van der Waals surface area contributed by atoms with Crippen LogP contribution in [-0.2, 0) is 9.36 Å². The zero-order valence-electron chi connectivity index (χ0n) is 8.05. The molecule has 0 aliphatic carbocycles. The second-order valence-electron chi connectivity index (χ2n) is 3.13. The minimum Gasteiger partial charge on any atom is -0.481 e. The highest BCUT2D eigenvalue weighted by Crippen LogP contribution is 2.42. The summed E-state index contributed by atoms with van der Waals surface area (Å²) in [7, 11) is -3.28. The molecule has 0 saturated carbocycles. The van der Waals surface area contributed by atoms with E-state index in [0.29, 0.717) is 13.0 Å². The van der Waals surface area contributed by atoms with Gasteiger partial charge in [0.15, 0.2) is 0 Å². The van der Waals surface area contributed by atoms with Crippen LogP contribution in [0.2, 0.25) is 0 Å². The number of hydrogen-bond donors (Lipinski definition) is 3. The Hall–Kier alpha value is -0.0900. The van der Waals surface area contributed by atoms with E-state index in [9.17, 15) is 14.3 Å². The van der Waals surface area contributed by atoms with E-state index in [1.54, 1.807) is 0 Å². The second kappa shape index (κ2) is 7.23. The van der Waals surface area contributed by atoms with Crippen molar-refractivity contribution in [3.63, 3.8) is 0 Å². The highest BCUT2D eigenvalue weighted by atomic mass is 35.5. The number of carbonyl (C=O) groups is 1. The highest BCUT2D eigenvalue weighted by molar-refractivity contribution is 7.58. The normalized spacial score (nSPS) is 16.5. The smallest absolute Gasteiger partial charge is 0.306 e. The topological polar surface area (TPSA) is 101 Å². The molecule has 0 aliphatic rings. The Kier molecular flexibility index (Phi) is 8.45. The third-order valence-electron chi connectivity index (χ3n) is 1.69. The van der Waals surface area contributed by atoms with Gasteiger partial charge in [-0.05, 0) is 13.0 Å². The van der Waals surface area contributed by atoms with E-state index >= 15 is 0 Å². The summed E-state index contributed by atoms with van der Waals surface area (Å²) in [5.74, 6) is -1.81. The molecular weight excluding hydrogens is 229 g/mol. The fourth-order valence-corrected chi connectivity index (χ4v) is 2.81. The summed E-state index contributed by atoms with van der Waals surface area (Å²) in [5, 5.41) is 8.51. The molecule has 0 aromatic heterocycles. The third kappa shape index (κ3) is 7.33. The molecule has 0 saturated heterocycles. The molecule has 0 heterocycles. The molecule has 0 spiro atoms. The molecule has 0 fully saturated rings. The standard InChI is InChI=1S/C7H16NO4P.ClH/c1-6(7(9)10)5-13(11,12)4-2-3-8;/h6H,2-5,8H2,1H3,(H,9,10)(H,11,12);1H. The van der Waals surface area contributed by atoms with Crippen LogP contribution in [0.5, 0.6) is 0 Å². The zero-order valence-corrected chi connectivity index (χ0v) is 9.76. The van der Waals surface area contributed by atoms with Crippen molar-refractivity contribution in [2.75, 3.05) is 18.9 Å². The van der Waals surface area contributed by atoms with Crippen LogP contribution in [0.1, 0.15) is 13.3 Å². The predicted molar refractivity (Wildman–Crippen MR) is 57.3 cm³/mol. The summed E-state index contributed by atoms with van der Waals surface area (Å²) in [6.07, 6.45) is 0.406. The molecule has 2 unspecified atom stereocenters. The summed E-state index contributed by atoms with van der Waals surface area (Å²) in [4.78, 5) is 19.7. The lowest BCUT2D eigenvalue weighted by Gasteiger charge is -2.13. The molecule has 2 atom stereocenters. The van der Waals surface area contributed by atoms with Crippen molar-refractivity contribution in [2.24, 2.45) is 11.7 Å². The lowest BCUT2D eigenvalue weighted by molar-refractivity contribution is -0.140. The number of aliphatic carboxylic acids is 1. The molecule has 0 aromatic rings. The highest BCUT2D eigenvalue weighted by Gasteiger charge is 2.24. The van der Waals surface area contributed by atoms with Gasteiger partial charge in [0.1, 0.15) is 0 Å². The molecule has 14 heavy (non-hydrogen) atoms. The Morgan fingerprint density at radius 1 is 1.57 bits per heavy atom. The van der Waals surface area contributed by atoms with Gasteiger partial charge in [-0.3, -0.25) is 9.36 Å². The van der Waals surface area contributed by atoms with Crippen molar-refractivity contribution >= 4 is 25.7 Å². The summed E-state index contributed by atoms with van der Waals surface area (Å²) in [6.45, 7) is 1.78. The third-order valence-corrected chi connectivity index (χ3v) is 3.83. The van der Waals surface area contributed by atoms with Crippen LogP contribution in [0.25, 0.3) is 0 Å². The van der Waals surface area contributed by atoms with Gasteiger partial charge in [-0.25, -0.2) is 0 Å². The van der Waals surface area contributed by atoms with Gasteiger partial charge in [0.05, 0.1) is 5.92 Å². The predicted octanol–water partition coefficient (Wildman–Crippen LogP) is 0.748. The van der Waals surface area contributed by atoms with Crippen molar-refractivity contribution in [2.45, 2.75) is 13.3 Å². The van der Waals surface area contributed by atoms with Gasteiger partial charge >= 0.3 is 5.97 Å². The monoisotopic (exact) mass is 245 g/mol. The fraction of sp³-hybridized carbons (Fsp3) is 0.857. The van der Waals surface area contributed by atoms with E-state index in [1.807, 2.05) is 0 Å². The maximum absolute atomic E-state index is 11.3. The molecule has 7 heteroatoms. The molecule has 5 nitrogen and oxygen atoms in total. The SMILES string of the molecule is CC(CP(=O)(O)CCCN)C(=O)O.Cl. The maximum Gasteiger partial charge on any atom is 0.306 e. The number of carboxylic acids is 1. The van der Waals surface area contributed by atoms with Crippen LogP contribution < -0.4 is 5.73 Å². The maximum atomic E-state index is 11.3. The molecule has 0 aliphatic heterocycles. The minimum atomic E-state index is -3.28. The lowest BCUT2D eigenvalue weighted by atomic mass is 10.2. The summed E-state index contributed by atoms with van der Waals surface area (Å²) in [6, 6.07) is 0. The van der Waals surface area contributed by atoms with Gasteiger partial charge in [-0.15, -0.1) is 12.4 Å².